The number of aromatic nitrogens is 2. The van der Waals surface area contributed by atoms with Crippen LogP contribution in [0.1, 0.15) is 35.2 Å². The molecule has 7 heteroatoms. The van der Waals surface area contributed by atoms with Crippen LogP contribution in [0, 0.1) is 12.8 Å². The lowest BCUT2D eigenvalue weighted by molar-refractivity contribution is -0.123. The number of amides is 1. The Hall–Kier alpha value is -1.89. The van der Waals surface area contributed by atoms with Gasteiger partial charge in [0.2, 0.25) is 5.91 Å². The Balaban J connectivity index is 1.55. The molecule has 1 saturated heterocycles. The van der Waals surface area contributed by atoms with Crippen LogP contribution in [-0.4, -0.2) is 33.7 Å². The van der Waals surface area contributed by atoms with E-state index in [1.54, 1.807) is 4.68 Å². The molecule has 0 radical (unpaired) electrons. The fraction of sp³-hybridized carbons (Fsp3) is 0.500. The molecule has 3 N–H and O–H groups in total. The van der Waals surface area contributed by atoms with Gasteiger partial charge in [-0.25, -0.2) is 0 Å². The number of aryl methyl sites for hydroxylation is 2. The number of carbonyl (C=O) groups is 1. The maximum atomic E-state index is 11.5. The molecule has 2 aromatic rings. The number of carbonyl (C=O) groups excluding carboxylic acids is 1. The van der Waals surface area contributed by atoms with E-state index in [0.717, 1.165) is 50.3 Å². The van der Waals surface area contributed by atoms with Crippen LogP contribution in [-0.2, 0) is 31.5 Å². The van der Waals surface area contributed by atoms with E-state index in [1.807, 2.05) is 14.0 Å². The van der Waals surface area contributed by atoms with Crippen molar-refractivity contribution in [3.8, 4) is 0 Å². The van der Waals surface area contributed by atoms with E-state index in [2.05, 4.69) is 39.6 Å². The Morgan fingerprint density at radius 2 is 2.15 bits per heavy atom. The lowest BCUT2D eigenvalue weighted by Crippen LogP contribution is -2.40. The molecule has 6 nitrogen and oxygen atoms in total. The van der Waals surface area contributed by atoms with Crippen LogP contribution in [0.25, 0.3) is 0 Å². The second-order valence-corrected chi connectivity index (χ2v) is 7.74. The number of rotatable bonds is 7. The number of piperidine rings is 1. The molecular formula is C20H28ClN5O. The second kappa shape index (κ2) is 8.87. The highest BCUT2D eigenvalue weighted by Gasteiger charge is 2.23. The van der Waals surface area contributed by atoms with Crippen molar-refractivity contribution >= 4 is 17.5 Å². The van der Waals surface area contributed by atoms with E-state index in [-0.39, 0.29) is 11.8 Å². The Kier molecular flexibility index (Phi) is 6.52. The summed E-state index contributed by atoms with van der Waals surface area (Å²) < 4.78 is 1.70. The Bertz CT molecular complexity index is 804. The van der Waals surface area contributed by atoms with Gasteiger partial charge in [-0.05, 0) is 37.4 Å². The fourth-order valence-corrected chi connectivity index (χ4v) is 3.98. The summed E-state index contributed by atoms with van der Waals surface area (Å²) in [5.41, 5.74) is 9.97. The summed E-state index contributed by atoms with van der Waals surface area (Å²) in [5, 5.41) is 8.48. The smallest absolute Gasteiger partial charge is 0.221 e. The van der Waals surface area contributed by atoms with Crippen molar-refractivity contribution < 1.29 is 4.79 Å². The van der Waals surface area contributed by atoms with Gasteiger partial charge in [0.15, 0.2) is 0 Å². The average molecular weight is 390 g/mol. The number of nitrogens with zero attached hydrogens (tertiary/aromatic N) is 3. The van der Waals surface area contributed by atoms with Crippen LogP contribution in [0.2, 0.25) is 5.15 Å². The molecule has 3 rings (SSSR count). The van der Waals surface area contributed by atoms with E-state index in [1.165, 1.54) is 11.1 Å². The fourth-order valence-electron chi connectivity index (χ4n) is 3.73. The Labute approximate surface area is 165 Å². The summed E-state index contributed by atoms with van der Waals surface area (Å²) in [6.45, 7) is 6.06. The van der Waals surface area contributed by atoms with Gasteiger partial charge in [-0.1, -0.05) is 35.9 Å². The molecule has 1 fully saturated rings. The normalized spacial score (nSPS) is 18.0. The Morgan fingerprint density at radius 1 is 1.37 bits per heavy atom. The molecule has 0 unspecified atom stereocenters. The monoisotopic (exact) mass is 389 g/mol. The van der Waals surface area contributed by atoms with Crippen molar-refractivity contribution in [2.24, 2.45) is 18.7 Å². The van der Waals surface area contributed by atoms with Crippen molar-refractivity contribution in [1.82, 2.24) is 20.0 Å². The molecule has 1 aromatic heterocycles. The predicted octanol–water partition coefficient (Wildman–Crippen LogP) is 2.37. The first kappa shape index (κ1) is 19.9. The summed E-state index contributed by atoms with van der Waals surface area (Å²) >= 11 is 6.29. The largest absolute Gasteiger partial charge is 0.369 e. The summed E-state index contributed by atoms with van der Waals surface area (Å²) in [5.74, 6) is -0.196. The van der Waals surface area contributed by atoms with Crippen molar-refractivity contribution in [3.05, 3.63) is 51.8 Å². The summed E-state index contributed by atoms with van der Waals surface area (Å²) in [6, 6.07) is 8.57. The molecule has 0 saturated carbocycles. The number of likely N-dealkylation sites (tertiary alicyclic amines) is 1. The van der Waals surface area contributed by atoms with Gasteiger partial charge < -0.3 is 11.1 Å². The highest BCUT2D eigenvalue weighted by Crippen LogP contribution is 2.20. The molecule has 0 bridgehead atoms. The third-order valence-corrected chi connectivity index (χ3v) is 5.68. The molecule has 2 heterocycles. The lowest BCUT2D eigenvalue weighted by atomic mass is 9.97. The number of nitrogens with two attached hydrogens (primary N) is 1. The minimum Gasteiger partial charge on any atom is -0.369 e. The zero-order chi connectivity index (χ0) is 19.4. The number of primary amides is 1. The van der Waals surface area contributed by atoms with Gasteiger partial charge in [0.05, 0.1) is 11.6 Å². The number of hydrogen-bond donors (Lipinski definition) is 2. The minimum absolute atomic E-state index is 0.0175. The van der Waals surface area contributed by atoms with Crippen LogP contribution < -0.4 is 11.1 Å². The highest BCUT2D eigenvalue weighted by atomic mass is 35.5. The maximum absolute atomic E-state index is 11.5. The van der Waals surface area contributed by atoms with Crippen molar-refractivity contribution in [2.45, 2.75) is 39.4 Å². The zero-order valence-corrected chi connectivity index (χ0v) is 16.8. The number of hydrogen-bond acceptors (Lipinski definition) is 4. The van der Waals surface area contributed by atoms with Crippen LogP contribution in [0.15, 0.2) is 24.3 Å². The van der Waals surface area contributed by atoms with Crippen LogP contribution in [0.5, 0.6) is 0 Å². The van der Waals surface area contributed by atoms with Gasteiger partial charge in [0.1, 0.15) is 5.15 Å². The Morgan fingerprint density at radius 3 is 2.85 bits per heavy atom. The van der Waals surface area contributed by atoms with Crippen LogP contribution in [0.4, 0.5) is 0 Å². The molecule has 1 aromatic carbocycles. The molecular weight excluding hydrogens is 362 g/mol. The van der Waals surface area contributed by atoms with E-state index in [0.29, 0.717) is 11.7 Å². The second-order valence-electron chi connectivity index (χ2n) is 7.38. The van der Waals surface area contributed by atoms with E-state index >= 15 is 0 Å². The summed E-state index contributed by atoms with van der Waals surface area (Å²) in [7, 11) is 1.85. The first-order valence-electron chi connectivity index (χ1n) is 9.42. The number of nitrogens with one attached hydrogen (secondary N) is 1. The quantitative estimate of drug-likeness (QED) is 0.762. The molecule has 1 aliphatic rings. The van der Waals surface area contributed by atoms with Crippen molar-refractivity contribution in [1.29, 1.82) is 0 Å². The van der Waals surface area contributed by atoms with E-state index in [9.17, 15) is 4.79 Å². The standard InChI is InChI=1S/C20H28ClN5O/c1-14-18(19(21)25(2)24-14)11-23-10-15-5-3-6-16(9-15)12-26-8-4-7-17(13-26)20(22)27/h3,5-6,9,17,23H,4,7-8,10-13H2,1-2H3,(H2,22,27)/t17-/m0/s1. The molecule has 1 aliphatic heterocycles. The highest BCUT2D eigenvalue weighted by molar-refractivity contribution is 6.30. The summed E-state index contributed by atoms with van der Waals surface area (Å²) in [6.07, 6.45) is 1.94. The van der Waals surface area contributed by atoms with Crippen LogP contribution >= 0.6 is 11.6 Å². The van der Waals surface area contributed by atoms with Crippen LogP contribution in [0.3, 0.4) is 0 Å². The van der Waals surface area contributed by atoms with Gasteiger partial charge in [0.25, 0.3) is 0 Å². The minimum atomic E-state index is -0.179. The van der Waals surface area contributed by atoms with Gasteiger partial charge in [-0.3, -0.25) is 14.4 Å². The van der Waals surface area contributed by atoms with E-state index in [4.69, 9.17) is 17.3 Å². The van der Waals surface area contributed by atoms with Gasteiger partial charge in [-0.2, -0.15) is 5.10 Å². The molecule has 1 amide bonds. The zero-order valence-electron chi connectivity index (χ0n) is 16.0. The molecule has 146 valence electrons. The third kappa shape index (κ3) is 5.09. The molecule has 0 aliphatic carbocycles. The summed E-state index contributed by atoms with van der Waals surface area (Å²) in [4.78, 5) is 13.8. The van der Waals surface area contributed by atoms with Gasteiger partial charge >= 0.3 is 0 Å². The number of halogens is 1. The lowest BCUT2D eigenvalue weighted by Gasteiger charge is -2.31. The molecule has 27 heavy (non-hydrogen) atoms. The third-order valence-electron chi connectivity index (χ3n) is 5.21. The van der Waals surface area contributed by atoms with Gasteiger partial charge in [-0.15, -0.1) is 0 Å². The average Bonchev–Trinajstić information content (AvgIpc) is 2.88. The molecule has 0 spiro atoms. The first-order valence-corrected chi connectivity index (χ1v) is 9.80. The van der Waals surface area contributed by atoms with Gasteiger partial charge in [0, 0.05) is 38.8 Å². The number of benzene rings is 1. The molecule has 1 atom stereocenters. The predicted molar refractivity (Wildman–Crippen MR) is 107 cm³/mol. The van der Waals surface area contributed by atoms with Crippen molar-refractivity contribution in [3.63, 3.8) is 0 Å². The van der Waals surface area contributed by atoms with E-state index < -0.39 is 0 Å². The topological polar surface area (TPSA) is 76.2 Å². The SMILES string of the molecule is Cc1nn(C)c(Cl)c1CNCc1cccc(CN2CCC[C@H](C(N)=O)C2)c1. The van der Waals surface area contributed by atoms with Crippen molar-refractivity contribution in [2.75, 3.05) is 13.1 Å². The maximum Gasteiger partial charge on any atom is 0.221 e. The first-order chi connectivity index (χ1) is 12.9.